The molecule has 1 amide bonds. The Morgan fingerprint density at radius 2 is 2.04 bits per heavy atom. The number of methoxy groups -OCH3 is 1. The van der Waals surface area contributed by atoms with Crippen molar-refractivity contribution < 1.29 is 19.1 Å². The SMILES string of the molecule is COC(=O)[C@H](CC1CCCCC1)SNC(=O)OC1(c2cccc(Cl)c2)CC1. The highest BCUT2D eigenvalue weighted by Crippen LogP contribution is 2.49. The molecule has 1 aromatic rings. The Bertz CT molecular complexity index is 674. The maximum Gasteiger partial charge on any atom is 0.418 e. The molecule has 0 spiro atoms. The first kappa shape index (κ1) is 20.3. The van der Waals surface area contributed by atoms with Gasteiger partial charge in [-0.05, 0) is 54.8 Å². The highest BCUT2D eigenvalue weighted by atomic mass is 35.5. The number of esters is 1. The smallest absolute Gasteiger partial charge is 0.418 e. The van der Waals surface area contributed by atoms with E-state index < -0.39 is 16.9 Å². The average Bonchev–Trinajstić information content (AvgIpc) is 3.46. The number of carbonyl (C=O) groups is 2. The molecule has 7 heteroatoms. The molecule has 0 saturated heterocycles. The van der Waals surface area contributed by atoms with E-state index in [1.165, 1.54) is 26.4 Å². The van der Waals surface area contributed by atoms with E-state index in [1.54, 1.807) is 6.07 Å². The van der Waals surface area contributed by atoms with Gasteiger partial charge < -0.3 is 9.47 Å². The van der Waals surface area contributed by atoms with Gasteiger partial charge in [-0.1, -0.05) is 55.8 Å². The lowest BCUT2D eigenvalue weighted by Crippen LogP contribution is -2.31. The van der Waals surface area contributed by atoms with Crippen LogP contribution in [0.2, 0.25) is 5.02 Å². The second-order valence-corrected chi connectivity index (χ2v) is 8.81. The van der Waals surface area contributed by atoms with Crippen LogP contribution in [0.5, 0.6) is 0 Å². The summed E-state index contributed by atoms with van der Waals surface area (Å²) in [5.74, 6) is 0.205. The lowest BCUT2D eigenvalue weighted by Gasteiger charge is -2.25. The number of hydrogen-bond donors (Lipinski definition) is 1. The molecule has 2 saturated carbocycles. The molecule has 0 radical (unpaired) electrons. The molecular weight excluding hydrogens is 386 g/mol. The fraction of sp³-hybridized carbons (Fsp3) is 0.600. The summed E-state index contributed by atoms with van der Waals surface area (Å²) in [4.78, 5) is 24.4. The van der Waals surface area contributed by atoms with Crippen LogP contribution in [0.4, 0.5) is 4.79 Å². The van der Waals surface area contributed by atoms with E-state index in [9.17, 15) is 9.59 Å². The average molecular weight is 412 g/mol. The highest BCUT2D eigenvalue weighted by molar-refractivity contribution is 7.99. The van der Waals surface area contributed by atoms with Gasteiger partial charge in [-0.15, -0.1) is 0 Å². The second-order valence-electron chi connectivity index (χ2n) is 7.37. The third-order valence-corrected chi connectivity index (χ3v) is 6.55. The first-order valence-electron chi connectivity index (χ1n) is 9.51. The van der Waals surface area contributed by atoms with Gasteiger partial charge >= 0.3 is 12.1 Å². The number of amides is 1. The van der Waals surface area contributed by atoms with E-state index in [0.717, 1.165) is 49.6 Å². The first-order chi connectivity index (χ1) is 13.0. The Kier molecular flexibility index (Phi) is 6.93. The predicted octanol–water partition coefficient (Wildman–Crippen LogP) is 5.22. The van der Waals surface area contributed by atoms with Crippen LogP contribution in [0, 0.1) is 5.92 Å². The van der Waals surface area contributed by atoms with Crippen LogP contribution in [0.1, 0.15) is 56.9 Å². The molecule has 2 aliphatic rings. The van der Waals surface area contributed by atoms with E-state index in [0.29, 0.717) is 10.9 Å². The molecule has 0 unspecified atom stereocenters. The van der Waals surface area contributed by atoms with E-state index in [1.807, 2.05) is 18.2 Å². The van der Waals surface area contributed by atoms with Gasteiger partial charge in [0.25, 0.3) is 0 Å². The van der Waals surface area contributed by atoms with Crippen molar-refractivity contribution >= 4 is 35.6 Å². The number of hydrogen-bond acceptors (Lipinski definition) is 5. The molecule has 0 aromatic heterocycles. The lowest BCUT2D eigenvalue weighted by molar-refractivity contribution is -0.140. The number of nitrogens with one attached hydrogen (secondary N) is 1. The molecule has 2 fully saturated rings. The topological polar surface area (TPSA) is 64.6 Å². The van der Waals surface area contributed by atoms with E-state index in [2.05, 4.69) is 4.72 Å². The zero-order chi connectivity index (χ0) is 19.3. The minimum Gasteiger partial charge on any atom is -0.468 e. The van der Waals surface area contributed by atoms with E-state index in [4.69, 9.17) is 21.1 Å². The fourth-order valence-corrected chi connectivity index (χ4v) is 4.73. The number of carbonyl (C=O) groups excluding carboxylic acids is 2. The normalized spacial score (nSPS) is 19.8. The number of rotatable bonds is 7. The summed E-state index contributed by atoms with van der Waals surface area (Å²) in [6.45, 7) is 0. The van der Waals surface area contributed by atoms with Gasteiger partial charge in [0.2, 0.25) is 0 Å². The van der Waals surface area contributed by atoms with E-state index in [-0.39, 0.29) is 5.97 Å². The van der Waals surface area contributed by atoms with Crippen LogP contribution < -0.4 is 4.72 Å². The summed E-state index contributed by atoms with van der Waals surface area (Å²) < 4.78 is 13.3. The molecule has 0 heterocycles. The molecule has 2 aliphatic carbocycles. The lowest BCUT2D eigenvalue weighted by atomic mass is 9.86. The van der Waals surface area contributed by atoms with Crippen LogP contribution in [-0.2, 0) is 19.9 Å². The fourth-order valence-electron chi connectivity index (χ4n) is 3.70. The predicted molar refractivity (Wildman–Crippen MR) is 107 cm³/mol. The van der Waals surface area contributed by atoms with Crippen molar-refractivity contribution in [2.24, 2.45) is 5.92 Å². The van der Waals surface area contributed by atoms with Crippen molar-refractivity contribution in [1.29, 1.82) is 0 Å². The van der Waals surface area contributed by atoms with Gasteiger partial charge in [0.05, 0.1) is 7.11 Å². The molecule has 1 aromatic carbocycles. The monoisotopic (exact) mass is 411 g/mol. The molecule has 1 N–H and O–H groups in total. The Morgan fingerprint density at radius 1 is 1.30 bits per heavy atom. The zero-order valence-electron chi connectivity index (χ0n) is 15.5. The molecule has 5 nitrogen and oxygen atoms in total. The van der Waals surface area contributed by atoms with Crippen molar-refractivity contribution in [3.05, 3.63) is 34.9 Å². The van der Waals surface area contributed by atoms with Gasteiger partial charge in [-0.25, -0.2) is 4.79 Å². The van der Waals surface area contributed by atoms with Crippen LogP contribution in [0.15, 0.2) is 24.3 Å². The summed E-state index contributed by atoms with van der Waals surface area (Å²) in [5, 5.41) is 0.211. The maximum atomic E-state index is 12.3. The van der Waals surface area contributed by atoms with Crippen LogP contribution >= 0.6 is 23.5 Å². The summed E-state index contributed by atoms with van der Waals surface area (Å²) in [6.07, 6.45) is 7.69. The molecule has 0 bridgehead atoms. The number of halogens is 1. The summed E-state index contributed by atoms with van der Waals surface area (Å²) in [6, 6.07) is 7.39. The highest BCUT2D eigenvalue weighted by Gasteiger charge is 2.49. The standard InChI is InChI=1S/C20H26ClNO4S/c1-25-18(23)17(12-14-6-3-2-4-7-14)27-22-19(24)26-20(10-11-20)15-8-5-9-16(21)13-15/h5,8-9,13-14,17H,2-4,6-7,10-12H2,1H3,(H,22,24)/t17-/m0/s1. The van der Waals surface area contributed by atoms with Gasteiger partial charge in [0.1, 0.15) is 10.9 Å². The Hall–Kier alpha value is -1.40. The van der Waals surface area contributed by atoms with Crippen molar-refractivity contribution in [2.45, 2.75) is 62.2 Å². The number of ether oxygens (including phenoxy) is 2. The maximum absolute atomic E-state index is 12.3. The molecule has 27 heavy (non-hydrogen) atoms. The van der Waals surface area contributed by atoms with Crippen molar-refractivity contribution in [3.8, 4) is 0 Å². The van der Waals surface area contributed by atoms with Crippen molar-refractivity contribution in [1.82, 2.24) is 4.72 Å². The largest absolute Gasteiger partial charge is 0.468 e. The zero-order valence-corrected chi connectivity index (χ0v) is 17.1. The van der Waals surface area contributed by atoms with Crippen LogP contribution in [0.3, 0.4) is 0 Å². The summed E-state index contributed by atoms with van der Waals surface area (Å²) >= 11 is 7.15. The molecule has 0 aliphatic heterocycles. The van der Waals surface area contributed by atoms with Crippen LogP contribution in [0.25, 0.3) is 0 Å². The minimum absolute atomic E-state index is 0.304. The minimum atomic E-state index is -0.598. The number of benzene rings is 1. The van der Waals surface area contributed by atoms with Crippen LogP contribution in [-0.4, -0.2) is 24.4 Å². The van der Waals surface area contributed by atoms with Gasteiger partial charge in [-0.3, -0.25) is 9.52 Å². The first-order valence-corrected chi connectivity index (χ1v) is 10.8. The third kappa shape index (κ3) is 5.55. The quantitative estimate of drug-likeness (QED) is 0.492. The Labute approximate surface area is 169 Å². The van der Waals surface area contributed by atoms with E-state index >= 15 is 0 Å². The summed E-state index contributed by atoms with van der Waals surface area (Å²) in [7, 11) is 1.38. The van der Waals surface area contributed by atoms with Crippen molar-refractivity contribution in [3.63, 3.8) is 0 Å². The Balaban J connectivity index is 1.53. The van der Waals surface area contributed by atoms with Gasteiger partial charge in [-0.2, -0.15) is 0 Å². The third-order valence-electron chi connectivity index (χ3n) is 5.36. The summed E-state index contributed by atoms with van der Waals surface area (Å²) in [5.41, 5.74) is 0.307. The van der Waals surface area contributed by atoms with Gasteiger partial charge in [0, 0.05) is 5.02 Å². The molecule has 3 rings (SSSR count). The Morgan fingerprint density at radius 3 is 2.67 bits per heavy atom. The second kappa shape index (κ2) is 9.20. The van der Waals surface area contributed by atoms with Crippen molar-refractivity contribution in [2.75, 3.05) is 7.11 Å². The molecular formula is C20H26ClNO4S. The molecule has 148 valence electrons. The van der Waals surface area contributed by atoms with Gasteiger partial charge in [0.15, 0.2) is 0 Å². The molecule has 1 atom stereocenters.